The lowest BCUT2D eigenvalue weighted by atomic mass is 10.0. The van der Waals surface area contributed by atoms with Gasteiger partial charge < -0.3 is 14.4 Å². The van der Waals surface area contributed by atoms with Gasteiger partial charge in [-0.25, -0.2) is 0 Å². The fourth-order valence-corrected chi connectivity index (χ4v) is 3.21. The molecule has 0 saturated heterocycles. The molecule has 1 heterocycles. The molecule has 0 spiro atoms. The van der Waals surface area contributed by atoms with Gasteiger partial charge in [-0.15, -0.1) is 0 Å². The normalized spacial score (nSPS) is 14.2. The van der Waals surface area contributed by atoms with Crippen molar-refractivity contribution in [1.29, 1.82) is 0 Å². The molecule has 0 aliphatic carbocycles. The predicted octanol–water partition coefficient (Wildman–Crippen LogP) is 3.28. The van der Waals surface area contributed by atoms with Gasteiger partial charge >= 0.3 is 12.1 Å². The highest BCUT2D eigenvalue weighted by molar-refractivity contribution is 5.98. The summed E-state index contributed by atoms with van der Waals surface area (Å²) in [6.45, 7) is 5.46. The topological polar surface area (TPSA) is 59.1 Å². The van der Waals surface area contributed by atoms with Crippen LogP contribution in [0.1, 0.15) is 32.8 Å². The first-order valence-corrected chi connectivity index (χ1v) is 9.21. The summed E-state index contributed by atoms with van der Waals surface area (Å²) < 4.78 is 50.2. The van der Waals surface area contributed by atoms with E-state index in [1.54, 1.807) is 24.8 Å². The van der Waals surface area contributed by atoms with Gasteiger partial charge in [0.15, 0.2) is 6.29 Å². The van der Waals surface area contributed by atoms with Gasteiger partial charge in [-0.3, -0.25) is 14.5 Å². The summed E-state index contributed by atoms with van der Waals surface area (Å²) in [5, 5.41) is 0. The number of anilines is 2. The van der Waals surface area contributed by atoms with Gasteiger partial charge in [-0.1, -0.05) is 0 Å². The molecule has 0 N–H and O–H groups in total. The number of alkyl halides is 3. The Bertz CT molecular complexity index is 703. The Morgan fingerprint density at radius 3 is 2.39 bits per heavy atom. The molecule has 1 aliphatic heterocycles. The number of rotatable bonds is 7. The molecule has 28 heavy (non-hydrogen) atoms. The molecule has 0 saturated carbocycles. The lowest BCUT2D eigenvalue weighted by molar-refractivity contribution is -0.173. The van der Waals surface area contributed by atoms with Gasteiger partial charge in [0.05, 0.1) is 6.54 Å². The number of hydrogen-bond donors (Lipinski definition) is 0. The van der Waals surface area contributed by atoms with Crippen LogP contribution in [0, 0.1) is 0 Å². The van der Waals surface area contributed by atoms with Crippen LogP contribution in [0.5, 0.6) is 0 Å². The molecule has 0 fully saturated rings. The van der Waals surface area contributed by atoms with Gasteiger partial charge in [0, 0.05) is 38.1 Å². The highest BCUT2D eigenvalue weighted by Gasteiger charge is 2.44. The molecule has 0 bridgehead atoms. The minimum atomic E-state index is -5.04. The van der Waals surface area contributed by atoms with Crippen molar-refractivity contribution in [3.05, 3.63) is 23.8 Å². The third-order valence-electron chi connectivity index (χ3n) is 4.40. The lowest BCUT2D eigenvalue weighted by Crippen LogP contribution is -2.46. The van der Waals surface area contributed by atoms with Crippen molar-refractivity contribution >= 4 is 23.2 Å². The van der Waals surface area contributed by atoms with Gasteiger partial charge in [0.1, 0.15) is 0 Å². The van der Waals surface area contributed by atoms with E-state index < -0.39 is 24.9 Å². The van der Waals surface area contributed by atoms with Crippen molar-refractivity contribution in [2.45, 2.75) is 46.1 Å². The van der Waals surface area contributed by atoms with E-state index in [2.05, 4.69) is 0 Å². The van der Waals surface area contributed by atoms with Crippen LogP contribution in [0.4, 0.5) is 24.5 Å². The number of carbonyl (C=O) groups excluding carboxylic acids is 2. The number of amides is 2. The van der Waals surface area contributed by atoms with E-state index >= 15 is 0 Å². The number of carbonyl (C=O) groups is 2. The van der Waals surface area contributed by atoms with Crippen LogP contribution in [0.15, 0.2) is 18.2 Å². The van der Waals surface area contributed by atoms with E-state index in [9.17, 15) is 22.8 Å². The van der Waals surface area contributed by atoms with Crippen molar-refractivity contribution in [3.63, 3.8) is 0 Å². The Kier molecular flexibility index (Phi) is 7.42. The van der Waals surface area contributed by atoms with Gasteiger partial charge in [0.25, 0.3) is 0 Å². The van der Waals surface area contributed by atoms with Gasteiger partial charge in [-0.2, -0.15) is 13.2 Å². The molecular weight excluding hydrogens is 377 g/mol. The highest BCUT2D eigenvalue weighted by atomic mass is 19.4. The van der Waals surface area contributed by atoms with Crippen LogP contribution in [-0.4, -0.2) is 50.6 Å². The quantitative estimate of drug-likeness (QED) is 0.657. The number of hydrogen-bond acceptors (Lipinski definition) is 4. The number of benzene rings is 1. The molecule has 0 aromatic heterocycles. The van der Waals surface area contributed by atoms with E-state index in [0.29, 0.717) is 30.0 Å². The van der Waals surface area contributed by atoms with E-state index in [0.717, 1.165) is 5.56 Å². The lowest BCUT2D eigenvalue weighted by Gasteiger charge is -2.32. The summed E-state index contributed by atoms with van der Waals surface area (Å²) in [5.41, 5.74) is 1.48. The summed E-state index contributed by atoms with van der Waals surface area (Å²) in [6.07, 6.45) is -4.71. The second-order valence-corrected chi connectivity index (χ2v) is 6.34. The summed E-state index contributed by atoms with van der Waals surface area (Å²) in [5.74, 6) is -2.12. The number of halogens is 3. The van der Waals surface area contributed by atoms with Crippen LogP contribution in [0.25, 0.3) is 0 Å². The maximum absolute atomic E-state index is 13.2. The molecule has 1 aromatic rings. The molecule has 2 amide bonds. The average Bonchev–Trinajstić information content (AvgIpc) is 2.64. The first-order chi connectivity index (χ1) is 13.2. The standard InChI is InChI=1S/C19H25F3N2O4/c1-4-27-17(28-5-2)12-24(18(26)19(20,21)22)15-8-9-16-14(11-15)7-6-10-23(16)13(3)25/h8-9,11,17H,4-7,10,12H2,1-3H3. The Labute approximate surface area is 162 Å². The van der Waals surface area contributed by atoms with Crippen LogP contribution in [0.2, 0.25) is 0 Å². The molecule has 156 valence electrons. The van der Waals surface area contributed by atoms with Gasteiger partial charge in [-0.05, 0) is 50.5 Å². The second-order valence-electron chi connectivity index (χ2n) is 6.34. The fourth-order valence-electron chi connectivity index (χ4n) is 3.21. The number of aryl methyl sites for hydroxylation is 1. The largest absolute Gasteiger partial charge is 0.471 e. The molecule has 0 atom stereocenters. The number of fused-ring (bicyclic) bond motifs is 1. The molecule has 6 nitrogen and oxygen atoms in total. The first kappa shape index (κ1) is 22.2. The van der Waals surface area contributed by atoms with Crippen molar-refractivity contribution < 1.29 is 32.2 Å². The molecule has 1 aliphatic rings. The van der Waals surface area contributed by atoms with Crippen LogP contribution in [-0.2, 0) is 25.5 Å². The Morgan fingerprint density at radius 1 is 1.21 bits per heavy atom. The maximum atomic E-state index is 13.2. The average molecular weight is 402 g/mol. The van der Waals surface area contributed by atoms with E-state index in [4.69, 9.17) is 9.47 Å². The van der Waals surface area contributed by atoms with Crippen molar-refractivity contribution in [2.75, 3.05) is 36.1 Å². The summed E-state index contributed by atoms with van der Waals surface area (Å²) >= 11 is 0. The Morgan fingerprint density at radius 2 is 1.86 bits per heavy atom. The molecule has 1 aromatic carbocycles. The minimum Gasteiger partial charge on any atom is -0.351 e. The second kappa shape index (κ2) is 9.38. The zero-order chi connectivity index (χ0) is 20.9. The van der Waals surface area contributed by atoms with E-state index in [-0.39, 0.29) is 24.8 Å². The van der Waals surface area contributed by atoms with Crippen molar-refractivity contribution in [3.8, 4) is 0 Å². The molecular formula is C19H25F3N2O4. The number of ether oxygens (including phenoxy) is 2. The molecule has 0 radical (unpaired) electrons. The summed E-state index contributed by atoms with van der Waals surface area (Å²) in [6, 6.07) is 4.53. The van der Waals surface area contributed by atoms with Gasteiger partial charge in [0.2, 0.25) is 5.91 Å². The van der Waals surface area contributed by atoms with E-state index in [1.165, 1.54) is 19.1 Å². The predicted molar refractivity (Wildman–Crippen MR) is 98.2 cm³/mol. The molecule has 9 heteroatoms. The third kappa shape index (κ3) is 5.23. The van der Waals surface area contributed by atoms with Crippen molar-refractivity contribution in [1.82, 2.24) is 0 Å². The summed E-state index contributed by atoms with van der Waals surface area (Å²) in [4.78, 5) is 26.1. The third-order valence-corrected chi connectivity index (χ3v) is 4.40. The number of nitrogens with zero attached hydrogens (tertiary/aromatic N) is 2. The minimum absolute atomic E-state index is 0.0934. The smallest absolute Gasteiger partial charge is 0.351 e. The molecule has 0 unspecified atom stereocenters. The van der Waals surface area contributed by atoms with Crippen LogP contribution in [0.3, 0.4) is 0 Å². The zero-order valence-electron chi connectivity index (χ0n) is 16.2. The fraction of sp³-hybridized carbons (Fsp3) is 0.579. The van der Waals surface area contributed by atoms with E-state index in [1.807, 2.05) is 0 Å². The Hall–Kier alpha value is -2.13. The van der Waals surface area contributed by atoms with Crippen LogP contribution < -0.4 is 9.80 Å². The SMILES string of the molecule is CCOC(CN(C(=O)C(F)(F)F)c1ccc2c(c1)CCCN2C(C)=O)OCC. The first-order valence-electron chi connectivity index (χ1n) is 9.21. The summed E-state index contributed by atoms with van der Waals surface area (Å²) in [7, 11) is 0. The van der Waals surface area contributed by atoms with Crippen molar-refractivity contribution in [2.24, 2.45) is 0 Å². The maximum Gasteiger partial charge on any atom is 0.471 e. The highest BCUT2D eigenvalue weighted by Crippen LogP contribution is 2.33. The Balaban J connectivity index is 2.40. The zero-order valence-corrected chi connectivity index (χ0v) is 16.2. The molecule has 2 rings (SSSR count). The van der Waals surface area contributed by atoms with Crippen LogP contribution >= 0.6 is 0 Å². The monoisotopic (exact) mass is 402 g/mol.